The van der Waals surface area contributed by atoms with Crippen LogP contribution in [0.5, 0.6) is 11.5 Å². The molecule has 6 heteroatoms. The molecule has 0 radical (unpaired) electrons. The first-order valence-corrected chi connectivity index (χ1v) is 7.63. The van der Waals surface area contributed by atoms with Gasteiger partial charge in [-0.1, -0.05) is 32.3 Å². The number of carbonyl (C=O) groups is 2. The van der Waals surface area contributed by atoms with Gasteiger partial charge in [-0.15, -0.1) is 0 Å². The summed E-state index contributed by atoms with van der Waals surface area (Å²) in [6, 6.07) is 5.02. The van der Waals surface area contributed by atoms with Crippen molar-refractivity contribution in [2.24, 2.45) is 5.92 Å². The highest BCUT2D eigenvalue weighted by Crippen LogP contribution is 2.38. The van der Waals surface area contributed by atoms with Gasteiger partial charge in [0, 0.05) is 12.0 Å². The molecular weight excluding hydrogens is 300 g/mol. The topological polar surface area (TPSA) is 93.1 Å². The van der Waals surface area contributed by atoms with E-state index in [2.05, 4.69) is 0 Å². The molecule has 0 saturated carbocycles. The zero-order valence-electron chi connectivity index (χ0n) is 13.7. The fourth-order valence-electron chi connectivity index (χ4n) is 2.69. The third-order valence-corrected chi connectivity index (χ3v) is 3.89. The molecule has 0 aliphatic heterocycles. The lowest BCUT2D eigenvalue weighted by Crippen LogP contribution is -2.30. The van der Waals surface area contributed by atoms with Crippen molar-refractivity contribution in [1.82, 2.24) is 0 Å². The van der Waals surface area contributed by atoms with E-state index in [4.69, 9.17) is 9.47 Å². The van der Waals surface area contributed by atoms with Gasteiger partial charge in [-0.05, 0) is 18.1 Å². The molecule has 0 aliphatic rings. The first-order valence-electron chi connectivity index (χ1n) is 7.63. The SMILES string of the molecule is CCCCCC(c1ccc(OC)cc1OC)C(C(=O)O)C(=O)O. The highest BCUT2D eigenvalue weighted by atomic mass is 16.5. The fourth-order valence-corrected chi connectivity index (χ4v) is 2.69. The second-order valence-corrected chi connectivity index (χ2v) is 5.36. The quantitative estimate of drug-likeness (QED) is 0.507. The lowest BCUT2D eigenvalue weighted by molar-refractivity contribution is -0.155. The van der Waals surface area contributed by atoms with Gasteiger partial charge < -0.3 is 19.7 Å². The molecule has 1 aromatic rings. The predicted molar refractivity (Wildman–Crippen MR) is 85.2 cm³/mol. The van der Waals surface area contributed by atoms with Crippen LogP contribution >= 0.6 is 0 Å². The van der Waals surface area contributed by atoms with E-state index < -0.39 is 23.8 Å². The molecule has 1 unspecified atom stereocenters. The van der Waals surface area contributed by atoms with Gasteiger partial charge in [0.05, 0.1) is 14.2 Å². The highest BCUT2D eigenvalue weighted by Gasteiger charge is 2.37. The molecule has 0 aliphatic carbocycles. The van der Waals surface area contributed by atoms with Crippen molar-refractivity contribution in [2.45, 2.75) is 38.5 Å². The van der Waals surface area contributed by atoms with Crippen molar-refractivity contribution in [2.75, 3.05) is 14.2 Å². The molecule has 1 rings (SSSR count). The van der Waals surface area contributed by atoms with E-state index in [1.807, 2.05) is 6.92 Å². The molecule has 23 heavy (non-hydrogen) atoms. The fraction of sp³-hybridized carbons (Fsp3) is 0.529. The summed E-state index contributed by atoms with van der Waals surface area (Å²) in [6.07, 6.45) is 3.12. The molecular formula is C17H24O6. The second-order valence-electron chi connectivity index (χ2n) is 5.36. The maximum absolute atomic E-state index is 11.5. The van der Waals surface area contributed by atoms with Gasteiger partial charge in [0.15, 0.2) is 5.92 Å². The summed E-state index contributed by atoms with van der Waals surface area (Å²) in [5.74, 6) is -3.82. The van der Waals surface area contributed by atoms with Crippen molar-refractivity contribution in [3.05, 3.63) is 23.8 Å². The predicted octanol–water partition coefficient (Wildman–Crippen LogP) is 3.15. The van der Waals surface area contributed by atoms with Crippen LogP contribution in [-0.2, 0) is 9.59 Å². The van der Waals surface area contributed by atoms with Crippen LogP contribution in [0.3, 0.4) is 0 Å². The summed E-state index contributed by atoms with van der Waals surface area (Å²) >= 11 is 0. The number of hydrogen-bond donors (Lipinski definition) is 2. The number of methoxy groups -OCH3 is 2. The number of aliphatic carboxylic acids is 2. The Balaban J connectivity index is 3.27. The van der Waals surface area contributed by atoms with Crippen molar-refractivity contribution >= 4 is 11.9 Å². The van der Waals surface area contributed by atoms with Crippen LogP contribution in [0.2, 0.25) is 0 Å². The first kappa shape index (κ1) is 18.8. The van der Waals surface area contributed by atoms with Crippen LogP contribution in [0.15, 0.2) is 18.2 Å². The molecule has 0 amide bonds. The minimum absolute atomic E-state index is 0.443. The standard InChI is InChI=1S/C17H24O6/c1-4-5-6-7-13(15(16(18)19)17(20)21)12-9-8-11(22-2)10-14(12)23-3/h8-10,13,15H,4-7H2,1-3H3,(H,18,19)(H,20,21). The number of rotatable bonds is 10. The van der Waals surface area contributed by atoms with Gasteiger partial charge in [0.2, 0.25) is 0 Å². The Kier molecular flexibility index (Phi) is 7.38. The van der Waals surface area contributed by atoms with Crippen LogP contribution in [0.4, 0.5) is 0 Å². The molecule has 0 bridgehead atoms. The third kappa shape index (κ3) is 4.87. The average molecular weight is 324 g/mol. The zero-order chi connectivity index (χ0) is 17.4. The maximum atomic E-state index is 11.5. The van der Waals surface area contributed by atoms with E-state index in [1.165, 1.54) is 14.2 Å². The Hall–Kier alpha value is -2.24. The van der Waals surface area contributed by atoms with Gasteiger partial charge in [-0.3, -0.25) is 9.59 Å². The van der Waals surface area contributed by atoms with E-state index in [0.29, 0.717) is 23.5 Å². The molecule has 1 atom stereocenters. The summed E-state index contributed by atoms with van der Waals surface area (Å²) in [4.78, 5) is 22.9. The van der Waals surface area contributed by atoms with Crippen LogP contribution in [0.1, 0.15) is 44.1 Å². The minimum Gasteiger partial charge on any atom is -0.497 e. The molecule has 0 fully saturated rings. The Labute approximate surface area is 136 Å². The Morgan fingerprint density at radius 1 is 1.09 bits per heavy atom. The minimum atomic E-state index is -1.51. The van der Waals surface area contributed by atoms with Crippen molar-refractivity contribution in [3.8, 4) is 11.5 Å². The average Bonchev–Trinajstić information content (AvgIpc) is 2.52. The van der Waals surface area contributed by atoms with E-state index in [0.717, 1.165) is 19.3 Å². The van der Waals surface area contributed by atoms with E-state index >= 15 is 0 Å². The number of ether oxygens (including phenoxy) is 2. The first-order chi connectivity index (χ1) is 11.0. The molecule has 1 aromatic carbocycles. The number of carboxylic acid groups (broad SMARTS) is 2. The van der Waals surface area contributed by atoms with Crippen LogP contribution in [0.25, 0.3) is 0 Å². The third-order valence-electron chi connectivity index (χ3n) is 3.89. The van der Waals surface area contributed by atoms with E-state index in [9.17, 15) is 19.8 Å². The second kappa shape index (κ2) is 9.02. The lowest BCUT2D eigenvalue weighted by Gasteiger charge is -2.23. The molecule has 0 spiro atoms. The molecule has 0 aromatic heterocycles. The van der Waals surface area contributed by atoms with Crippen molar-refractivity contribution in [3.63, 3.8) is 0 Å². The van der Waals surface area contributed by atoms with Gasteiger partial charge in [0.25, 0.3) is 0 Å². The van der Waals surface area contributed by atoms with Crippen LogP contribution < -0.4 is 9.47 Å². The smallest absolute Gasteiger partial charge is 0.318 e. The van der Waals surface area contributed by atoms with Gasteiger partial charge in [0.1, 0.15) is 11.5 Å². The van der Waals surface area contributed by atoms with Crippen LogP contribution in [0, 0.1) is 5.92 Å². The Morgan fingerprint density at radius 2 is 1.74 bits per heavy atom. The van der Waals surface area contributed by atoms with Crippen LogP contribution in [-0.4, -0.2) is 36.4 Å². The number of hydrogen-bond acceptors (Lipinski definition) is 4. The maximum Gasteiger partial charge on any atom is 0.318 e. The summed E-state index contributed by atoms with van der Waals surface area (Å²) in [6.45, 7) is 2.04. The summed E-state index contributed by atoms with van der Waals surface area (Å²) in [5.41, 5.74) is 0.583. The highest BCUT2D eigenvalue weighted by molar-refractivity contribution is 5.94. The van der Waals surface area contributed by atoms with Gasteiger partial charge >= 0.3 is 11.9 Å². The Morgan fingerprint density at radius 3 is 2.22 bits per heavy atom. The van der Waals surface area contributed by atoms with Gasteiger partial charge in [-0.25, -0.2) is 0 Å². The monoisotopic (exact) mass is 324 g/mol. The molecule has 0 saturated heterocycles. The number of carboxylic acids is 2. The molecule has 6 nitrogen and oxygen atoms in total. The summed E-state index contributed by atoms with van der Waals surface area (Å²) in [5, 5.41) is 18.7. The molecule has 2 N–H and O–H groups in total. The number of benzene rings is 1. The van der Waals surface area contributed by atoms with Crippen molar-refractivity contribution < 1.29 is 29.3 Å². The number of unbranched alkanes of at least 4 members (excludes halogenated alkanes) is 2. The molecule has 0 heterocycles. The summed E-state index contributed by atoms with van der Waals surface area (Å²) in [7, 11) is 2.99. The Bertz CT molecular complexity index is 526. The summed E-state index contributed by atoms with van der Waals surface area (Å²) < 4.78 is 10.5. The molecule has 128 valence electrons. The normalized spacial score (nSPS) is 12.0. The largest absolute Gasteiger partial charge is 0.497 e. The van der Waals surface area contributed by atoms with E-state index in [1.54, 1.807) is 18.2 Å². The zero-order valence-corrected chi connectivity index (χ0v) is 13.7. The lowest BCUT2D eigenvalue weighted by atomic mass is 9.81. The van der Waals surface area contributed by atoms with Gasteiger partial charge in [-0.2, -0.15) is 0 Å². The van der Waals surface area contributed by atoms with Crippen molar-refractivity contribution in [1.29, 1.82) is 0 Å². The van der Waals surface area contributed by atoms with E-state index in [-0.39, 0.29) is 0 Å².